The van der Waals surface area contributed by atoms with Crippen LogP contribution in [0.15, 0.2) is 42.6 Å². The number of hydrogen-bond acceptors (Lipinski definition) is 8. The zero-order valence-corrected chi connectivity index (χ0v) is 20.4. The Balaban J connectivity index is 2.04. The fraction of sp³-hybridized carbons (Fsp3) is 0.440. The van der Waals surface area contributed by atoms with Crippen LogP contribution < -0.4 is 14.8 Å². The first kappa shape index (κ1) is 26.8. The normalized spacial score (nSPS) is 13.5. The van der Waals surface area contributed by atoms with Crippen molar-refractivity contribution < 1.29 is 33.3 Å². The Morgan fingerprint density at radius 2 is 1.71 bits per heavy atom. The van der Waals surface area contributed by atoms with Gasteiger partial charge in [0.1, 0.15) is 12.1 Å². The fourth-order valence-corrected chi connectivity index (χ4v) is 3.23. The van der Waals surface area contributed by atoms with Gasteiger partial charge in [0.05, 0.1) is 19.8 Å². The molecule has 1 aromatic heterocycles. The molecule has 0 saturated heterocycles. The molecule has 0 aliphatic heterocycles. The second-order valence-corrected chi connectivity index (χ2v) is 8.13. The zero-order valence-electron chi connectivity index (χ0n) is 20.4. The van der Waals surface area contributed by atoms with Crippen LogP contribution in [0.1, 0.15) is 50.7 Å². The van der Waals surface area contributed by atoms with E-state index in [2.05, 4.69) is 10.3 Å². The predicted molar refractivity (Wildman–Crippen MR) is 124 cm³/mol. The maximum atomic E-state index is 12.8. The fourth-order valence-electron chi connectivity index (χ4n) is 3.23. The molecule has 0 radical (unpaired) electrons. The van der Waals surface area contributed by atoms with Gasteiger partial charge in [0, 0.05) is 19.2 Å². The highest BCUT2D eigenvalue weighted by Crippen LogP contribution is 2.29. The van der Waals surface area contributed by atoms with Gasteiger partial charge in [-0.2, -0.15) is 0 Å². The lowest BCUT2D eigenvalue weighted by atomic mass is 10.0. The number of amides is 1. The summed E-state index contributed by atoms with van der Waals surface area (Å²) in [6, 6.07) is 10.2. The van der Waals surface area contributed by atoms with Crippen molar-refractivity contribution in [1.29, 1.82) is 0 Å². The number of hydrogen-bond donors (Lipinski definition) is 1. The van der Waals surface area contributed by atoms with Gasteiger partial charge in [-0.25, -0.2) is 9.78 Å². The zero-order chi connectivity index (χ0) is 25.3. The average Bonchev–Trinajstić information content (AvgIpc) is 2.80. The van der Waals surface area contributed by atoms with E-state index in [0.717, 1.165) is 5.56 Å². The summed E-state index contributed by atoms with van der Waals surface area (Å²) in [5.74, 6) is -1.97. The molecule has 2 rings (SSSR count). The van der Waals surface area contributed by atoms with Crippen molar-refractivity contribution in [2.24, 2.45) is 5.92 Å². The second kappa shape index (κ2) is 12.7. The minimum absolute atomic E-state index is 0.0201. The van der Waals surface area contributed by atoms with Crippen molar-refractivity contribution in [2.45, 2.75) is 59.5 Å². The molecule has 184 valence electrons. The molecule has 2 aromatic rings. The third-order valence-electron chi connectivity index (χ3n) is 4.98. The molecule has 9 heteroatoms. The van der Waals surface area contributed by atoms with E-state index in [1.165, 1.54) is 33.2 Å². The lowest BCUT2D eigenvalue weighted by Gasteiger charge is -2.28. The largest absolute Gasteiger partial charge is 0.493 e. The number of carbonyl (C=O) groups is 3. The Morgan fingerprint density at radius 1 is 1.03 bits per heavy atom. The number of aromatic nitrogens is 1. The van der Waals surface area contributed by atoms with Crippen LogP contribution in [0.3, 0.4) is 0 Å². The SMILES string of the molecule is COc1ccnc(C(=O)N[C@@H](C)C(=O)O[C@H](C(C)C)[C@H](C)OCc2ccccc2)c1OC(C)=O. The molecular formula is C25H32N2O7. The molecule has 0 aliphatic carbocycles. The van der Waals surface area contributed by atoms with Gasteiger partial charge in [0.25, 0.3) is 5.91 Å². The molecule has 0 bridgehead atoms. The summed E-state index contributed by atoms with van der Waals surface area (Å²) >= 11 is 0. The van der Waals surface area contributed by atoms with E-state index < -0.39 is 30.0 Å². The predicted octanol–water partition coefficient (Wildman–Crippen LogP) is 3.31. The third-order valence-corrected chi connectivity index (χ3v) is 4.98. The molecular weight excluding hydrogens is 440 g/mol. The van der Waals surface area contributed by atoms with E-state index in [9.17, 15) is 14.4 Å². The Morgan fingerprint density at radius 3 is 2.29 bits per heavy atom. The first-order valence-corrected chi connectivity index (χ1v) is 11.0. The molecule has 9 nitrogen and oxygen atoms in total. The standard InChI is InChI=1S/C25H32N2O7/c1-15(2)22(17(4)32-14-19-10-8-7-9-11-19)34-25(30)16(3)27-24(29)21-23(33-18(5)28)20(31-6)12-13-26-21/h7-13,15-17,22H,14H2,1-6H3,(H,27,29)/t16-,17-,22+/m0/s1. The summed E-state index contributed by atoms with van der Waals surface area (Å²) in [5.41, 5.74) is 0.826. The highest BCUT2D eigenvalue weighted by atomic mass is 16.6. The highest BCUT2D eigenvalue weighted by Gasteiger charge is 2.30. The van der Waals surface area contributed by atoms with Gasteiger partial charge < -0.3 is 24.3 Å². The molecule has 0 unspecified atom stereocenters. The number of nitrogens with zero attached hydrogens (tertiary/aromatic N) is 1. The first-order chi connectivity index (χ1) is 16.1. The third kappa shape index (κ3) is 7.55. The van der Waals surface area contributed by atoms with Crippen LogP contribution in [0.25, 0.3) is 0 Å². The Bertz CT molecular complexity index is 978. The van der Waals surface area contributed by atoms with Crippen molar-refractivity contribution in [2.75, 3.05) is 7.11 Å². The average molecular weight is 473 g/mol. The maximum absolute atomic E-state index is 12.8. The maximum Gasteiger partial charge on any atom is 0.328 e. The van der Waals surface area contributed by atoms with Gasteiger partial charge in [-0.05, 0) is 25.3 Å². The number of nitrogens with one attached hydrogen (secondary N) is 1. The molecule has 0 aliphatic rings. The van der Waals surface area contributed by atoms with Gasteiger partial charge in [-0.1, -0.05) is 44.2 Å². The van der Waals surface area contributed by atoms with Crippen molar-refractivity contribution in [3.05, 3.63) is 53.9 Å². The smallest absolute Gasteiger partial charge is 0.328 e. The molecule has 0 fully saturated rings. The first-order valence-electron chi connectivity index (χ1n) is 11.0. The molecule has 0 spiro atoms. The molecule has 1 amide bonds. The summed E-state index contributed by atoms with van der Waals surface area (Å²) in [5, 5.41) is 2.54. The quantitative estimate of drug-likeness (QED) is 0.496. The molecule has 1 N–H and O–H groups in total. The topological polar surface area (TPSA) is 113 Å². The van der Waals surface area contributed by atoms with Crippen LogP contribution in [0.4, 0.5) is 0 Å². The second-order valence-electron chi connectivity index (χ2n) is 8.13. The van der Waals surface area contributed by atoms with Crippen LogP contribution in [-0.2, 0) is 25.7 Å². The number of pyridine rings is 1. The number of carbonyl (C=O) groups excluding carboxylic acids is 3. The molecule has 34 heavy (non-hydrogen) atoms. The van der Waals surface area contributed by atoms with Crippen molar-refractivity contribution >= 4 is 17.8 Å². The van der Waals surface area contributed by atoms with Crippen LogP contribution >= 0.6 is 0 Å². The van der Waals surface area contributed by atoms with Crippen molar-refractivity contribution in [1.82, 2.24) is 10.3 Å². The molecule has 1 aromatic carbocycles. The van der Waals surface area contributed by atoms with E-state index in [1.54, 1.807) is 0 Å². The van der Waals surface area contributed by atoms with E-state index in [-0.39, 0.29) is 29.2 Å². The summed E-state index contributed by atoms with van der Waals surface area (Å²) in [6.07, 6.45) is 0.439. The van der Waals surface area contributed by atoms with Crippen LogP contribution in [-0.4, -0.2) is 48.2 Å². The molecule has 0 saturated carbocycles. The van der Waals surface area contributed by atoms with E-state index in [4.69, 9.17) is 18.9 Å². The number of esters is 2. The highest BCUT2D eigenvalue weighted by molar-refractivity contribution is 5.98. The minimum atomic E-state index is -0.992. The van der Waals surface area contributed by atoms with Gasteiger partial charge in [-0.3, -0.25) is 9.59 Å². The van der Waals surface area contributed by atoms with Crippen LogP contribution in [0.5, 0.6) is 11.5 Å². The number of ether oxygens (including phenoxy) is 4. The van der Waals surface area contributed by atoms with E-state index in [1.807, 2.05) is 51.1 Å². The Hall–Kier alpha value is -3.46. The minimum Gasteiger partial charge on any atom is -0.493 e. The summed E-state index contributed by atoms with van der Waals surface area (Å²) < 4.78 is 21.9. The number of methoxy groups -OCH3 is 1. The van der Waals surface area contributed by atoms with Gasteiger partial charge >= 0.3 is 11.9 Å². The van der Waals surface area contributed by atoms with Crippen molar-refractivity contribution in [3.8, 4) is 11.5 Å². The Kier molecular flexibility index (Phi) is 10.0. The summed E-state index contributed by atoms with van der Waals surface area (Å²) in [6.45, 7) is 8.77. The van der Waals surface area contributed by atoms with E-state index in [0.29, 0.717) is 6.61 Å². The van der Waals surface area contributed by atoms with Crippen LogP contribution in [0, 0.1) is 5.92 Å². The van der Waals surface area contributed by atoms with Gasteiger partial charge in [0.2, 0.25) is 5.75 Å². The van der Waals surface area contributed by atoms with E-state index >= 15 is 0 Å². The lowest BCUT2D eigenvalue weighted by Crippen LogP contribution is -2.44. The summed E-state index contributed by atoms with van der Waals surface area (Å²) in [7, 11) is 1.37. The molecule has 1 heterocycles. The van der Waals surface area contributed by atoms with Gasteiger partial charge in [0.15, 0.2) is 11.4 Å². The monoisotopic (exact) mass is 472 g/mol. The lowest BCUT2D eigenvalue weighted by molar-refractivity contribution is -0.163. The Labute approximate surface area is 199 Å². The number of benzene rings is 1. The summed E-state index contributed by atoms with van der Waals surface area (Å²) in [4.78, 5) is 41.0. The van der Waals surface area contributed by atoms with Gasteiger partial charge in [-0.15, -0.1) is 0 Å². The van der Waals surface area contributed by atoms with Crippen molar-refractivity contribution in [3.63, 3.8) is 0 Å². The molecule has 3 atom stereocenters. The van der Waals surface area contributed by atoms with Crippen LogP contribution in [0.2, 0.25) is 0 Å². The number of rotatable bonds is 11.